The van der Waals surface area contributed by atoms with Crippen LogP contribution in [0.2, 0.25) is 5.02 Å². The molecule has 3 N–H and O–H groups in total. The van der Waals surface area contributed by atoms with Gasteiger partial charge in [-0.2, -0.15) is 0 Å². The van der Waals surface area contributed by atoms with Gasteiger partial charge in [0.2, 0.25) is 0 Å². The van der Waals surface area contributed by atoms with Crippen molar-refractivity contribution in [3.63, 3.8) is 0 Å². The molecule has 110 valence electrons. The largest absolute Gasteiger partial charge is 0.370 e. The summed E-state index contributed by atoms with van der Waals surface area (Å²) in [6.07, 6.45) is 0.431. The highest BCUT2D eigenvalue weighted by molar-refractivity contribution is 6.30. The molecule has 0 amide bonds. The number of rotatable bonds is 4. The van der Waals surface area contributed by atoms with Gasteiger partial charge in [-0.05, 0) is 33.3 Å². The zero-order chi connectivity index (χ0) is 15.3. The first-order chi connectivity index (χ1) is 9.19. The Bertz CT molecular complexity index is 524. The van der Waals surface area contributed by atoms with Crippen LogP contribution in [-0.2, 0) is 6.42 Å². The zero-order valence-corrected chi connectivity index (χ0v) is 12.6. The Morgan fingerprint density at radius 1 is 1.50 bits per heavy atom. The second kappa shape index (κ2) is 6.56. The van der Waals surface area contributed by atoms with Crippen LogP contribution >= 0.6 is 11.6 Å². The lowest BCUT2D eigenvalue weighted by atomic mass is 10.1. The lowest BCUT2D eigenvalue weighted by Crippen LogP contribution is -2.45. The predicted molar refractivity (Wildman–Crippen MR) is 81.2 cm³/mol. The van der Waals surface area contributed by atoms with Gasteiger partial charge >= 0.3 is 0 Å². The zero-order valence-electron chi connectivity index (χ0n) is 11.8. The Morgan fingerprint density at radius 3 is 2.70 bits per heavy atom. The fourth-order valence-corrected chi connectivity index (χ4v) is 1.81. The molecule has 1 rings (SSSR count). The molecular formula is C13H19ClN4O2. The summed E-state index contributed by atoms with van der Waals surface area (Å²) in [5, 5.41) is 14.3. The number of nitrogens with one attached hydrogen (secondary N) is 1. The molecule has 0 spiro atoms. The van der Waals surface area contributed by atoms with Gasteiger partial charge in [-0.15, -0.1) is 0 Å². The maximum absolute atomic E-state index is 10.9. The third-order valence-corrected chi connectivity index (χ3v) is 2.65. The number of nitro benzene ring substituents is 1. The van der Waals surface area contributed by atoms with Crippen molar-refractivity contribution in [3.05, 3.63) is 38.9 Å². The van der Waals surface area contributed by atoms with Crippen LogP contribution in [0.4, 0.5) is 5.69 Å². The van der Waals surface area contributed by atoms with Gasteiger partial charge in [0.05, 0.1) is 4.92 Å². The predicted octanol–water partition coefficient (Wildman–Crippen LogP) is 2.49. The van der Waals surface area contributed by atoms with Gasteiger partial charge in [0.1, 0.15) is 0 Å². The monoisotopic (exact) mass is 298 g/mol. The quantitative estimate of drug-likeness (QED) is 0.386. The molecule has 1 aromatic carbocycles. The highest BCUT2D eigenvalue weighted by Crippen LogP contribution is 2.23. The summed E-state index contributed by atoms with van der Waals surface area (Å²) in [7, 11) is 0. The second-order valence-electron chi connectivity index (χ2n) is 5.42. The molecule has 0 aliphatic heterocycles. The van der Waals surface area contributed by atoms with Gasteiger partial charge in [-0.3, -0.25) is 15.1 Å². The molecule has 0 saturated heterocycles. The first kappa shape index (κ1) is 16.2. The number of nitrogens with zero attached hydrogens (tertiary/aromatic N) is 2. The van der Waals surface area contributed by atoms with Crippen molar-refractivity contribution in [1.29, 1.82) is 0 Å². The topological polar surface area (TPSA) is 93.5 Å². The van der Waals surface area contributed by atoms with E-state index in [1.54, 1.807) is 12.1 Å². The normalized spacial score (nSPS) is 12.3. The second-order valence-corrected chi connectivity index (χ2v) is 5.86. The molecule has 0 unspecified atom stereocenters. The molecule has 20 heavy (non-hydrogen) atoms. The number of halogens is 1. The first-order valence-corrected chi connectivity index (χ1v) is 6.58. The molecule has 0 atom stereocenters. The van der Waals surface area contributed by atoms with Gasteiger partial charge in [0.15, 0.2) is 5.96 Å². The number of benzene rings is 1. The van der Waals surface area contributed by atoms with Gasteiger partial charge < -0.3 is 11.1 Å². The number of nitrogens with two attached hydrogens (primary N) is 1. The summed E-state index contributed by atoms with van der Waals surface area (Å²) in [5.74, 6) is 0.328. The van der Waals surface area contributed by atoms with E-state index in [1.807, 2.05) is 20.8 Å². The van der Waals surface area contributed by atoms with Crippen LogP contribution in [0.3, 0.4) is 0 Å². The van der Waals surface area contributed by atoms with E-state index in [0.29, 0.717) is 29.5 Å². The maximum atomic E-state index is 10.9. The number of hydrogen-bond donors (Lipinski definition) is 2. The SMILES string of the molecule is CC(C)(C)NC(N)=NCCc1ccc(Cl)cc1[N+](=O)[O-]. The molecule has 0 bridgehead atoms. The average Bonchev–Trinajstić information content (AvgIpc) is 2.28. The van der Waals surface area contributed by atoms with E-state index in [1.165, 1.54) is 6.07 Å². The molecule has 1 aromatic rings. The molecule has 0 fully saturated rings. The van der Waals surface area contributed by atoms with Crippen LogP contribution in [0.5, 0.6) is 0 Å². The highest BCUT2D eigenvalue weighted by atomic mass is 35.5. The van der Waals surface area contributed by atoms with Crippen molar-refractivity contribution in [2.24, 2.45) is 10.7 Å². The number of nitro groups is 1. The number of aliphatic imine (C=N–C) groups is 1. The summed E-state index contributed by atoms with van der Waals surface area (Å²) < 4.78 is 0. The third kappa shape index (κ3) is 5.44. The summed E-state index contributed by atoms with van der Waals surface area (Å²) in [5.41, 5.74) is 6.16. The summed E-state index contributed by atoms with van der Waals surface area (Å²) >= 11 is 5.76. The smallest absolute Gasteiger partial charge is 0.274 e. The van der Waals surface area contributed by atoms with Gasteiger partial charge in [0.25, 0.3) is 5.69 Å². The van der Waals surface area contributed by atoms with Crippen molar-refractivity contribution in [2.45, 2.75) is 32.7 Å². The minimum Gasteiger partial charge on any atom is -0.370 e. The van der Waals surface area contributed by atoms with E-state index in [2.05, 4.69) is 10.3 Å². The molecule has 0 aromatic heterocycles. The van der Waals surface area contributed by atoms with Crippen LogP contribution < -0.4 is 11.1 Å². The lowest BCUT2D eigenvalue weighted by molar-refractivity contribution is -0.385. The number of guanidine groups is 1. The molecule has 0 heterocycles. The van der Waals surface area contributed by atoms with Gasteiger partial charge in [0, 0.05) is 28.7 Å². The van der Waals surface area contributed by atoms with E-state index in [-0.39, 0.29) is 11.2 Å². The molecule has 0 radical (unpaired) electrons. The van der Waals surface area contributed by atoms with Crippen LogP contribution in [0.25, 0.3) is 0 Å². The summed E-state index contributed by atoms with van der Waals surface area (Å²) in [6, 6.07) is 4.62. The van der Waals surface area contributed by atoms with Crippen LogP contribution in [0, 0.1) is 10.1 Å². The standard InChI is InChI=1S/C13H19ClN4O2/c1-13(2,3)17-12(15)16-7-6-9-4-5-10(14)8-11(9)18(19)20/h4-5,8H,6-7H2,1-3H3,(H3,15,16,17). The fourth-order valence-electron chi connectivity index (χ4n) is 1.64. The van der Waals surface area contributed by atoms with E-state index >= 15 is 0 Å². The molecule has 0 aliphatic rings. The van der Waals surface area contributed by atoms with Crippen molar-refractivity contribution >= 4 is 23.2 Å². The van der Waals surface area contributed by atoms with Crippen LogP contribution in [0.1, 0.15) is 26.3 Å². The molecular weight excluding hydrogens is 280 g/mol. The Kier molecular flexibility index (Phi) is 5.33. The van der Waals surface area contributed by atoms with Gasteiger partial charge in [-0.25, -0.2) is 0 Å². The van der Waals surface area contributed by atoms with Crippen molar-refractivity contribution in [2.75, 3.05) is 6.54 Å². The van der Waals surface area contributed by atoms with Crippen LogP contribution in [-0.4, -0.2) is 23.0 Å². The maximum Gasteiger partial charge on any atom is 0.274 e. The Balaban J connectivity index is 2.71. The molecule has 0 saturated carbocycles. The third-order valence-electron chi connectivity index (χ3n) is 2.41. The van der Waals surface area contributed by atoms with Gasteiger partial charge in [-0.1, -0.05) is 17.7 Å². The van der Waals surface area contributed by atoms with Crippen LogP contribution in [0.15, 0.2) is 23.2 Å². The fraction of sp³-hybridized carbons (Fsp3) is 0.462. The number of hydrogen-bond acceptors (Lipinski definition) is 3. The van der Waals surface area contributed by atoms with Crippen molar-refractivity contribution in [3.8, 4) is 0 Å². The Morgan fingerprint density at radius 2 is 2.15 bits per heavy atom. The van der Waals surface area contributed by atoms with E-state index in [4.69, 9.17) is 17.3 Å². The molecule has 6 nitrogen and oxygen atoms in total. The Hall–Kier alpha value is -1.82. The summed E-state index contributed by atoms with van der Waals surface area (Å²) in [4.78, 5) is 14.6. The van der Waals surface area contributed by atoms with E-state index in [9.17, 15) is 10.1 Å². The molecule has 0 aliphatic carbocycles. The summed E-state index contributed by atoms with van der Waals surface area (Å²) in [6.45, 7) is 6.29. The minimum absolute atomic E-state index is 0.00931. The Labute approximate surface area is 123 Å². The van der Waals surface area contributed by atoms with Crippen molar-refractivity contribution in [1.82, 2.24) is 5.32 Å². The average molecular weight is 299 g/mol. The minimum atomic E-state index is -0.443. The molecule has 7 heteroatoms. The van der Waals surface area contributed by atoms with E-state index in [0.717, 1.165) is 0 Å². The first-order valence-electron chi connectivity index (χ1n) is 6.20. The lowest BCUT2D eigenvalue weighted by Gasteiger charge is -2.20. The highest BCUT2D eigenvalue weighted by Gasteiger charge is 2.14. The van der Waals surface area contributed by atoms with E-state index < -0.39 is 4.92 Å². The van der Waals surface area contributed by atoms with Crippen molar-refractivity contribution < 1.29 is 4.92 Å².